The van der Waals surface area contributed by atoms with Gasteiger partial charge in [0, 0.05) is 31.2 Å². The standard InChI is InChI=1S/C23H37N3O2/c1-5-12-26(20-10-13-25(14-11-20)23(27)24-17(2)3)21-8-6-18-7-9-22(28-4)16-19(18)15-21/h7,9,16-17,20-21H,5-6,8,10-15H2,1-4H3,(H,24,27). The van der Waals surface area contributed by atoms with Crippen LogP contribution >= 0.6 is 0 Å². The molecule has 1 aromatic carbocycles. The molecule has 1 aromatic rings. The average Bonchev–Trinajstić information content (AvgIpc) is 2.71. The molecule has 2 aliphatic rings. The van der Waals surface area contributed by atoms with Gasteiger partial charge in [-0.1, -0.05) is 13.0 Å². The van der Waals surface area contributed by atoms with Crippen molar-refractivity contribution in [2.75, 3.05) is 26.7 Å². The first-order chi connectivity index (χ1) is 13.5. The minimum absolute atomic E-state index is 0.0918. The third-order valence-electron chi connectivity index (χ3n) is 6.20. The summed E-state index contributed by atoms with van der Waals surface area (Å²) in [6.45, 7) is 9.18. The Bertz CT molecular complexity index is 653. The van der Waals surface area contributed by atoms with Crippen molar-refractivity contribution in [3.05, 3.63) is 29.3 Å². The maximum atomic E-state index is 12.3. The lowest BCUT2D eigenvalue weighted by Crippen LogP contribution is -2.53. The Kier molecular flexibility index (Phi) is 7.22. The second-order valence-electron chi connectivity index (χ2n) is 8.59. The van der Waals surface area contributed by atoms with E-state index in [1.165, 1.54) is 24.0 Å². The number of aryl methyl sites for hydroxylation is 1. The summed E-state index contributed by atoms with van der Waals surface area (Å²) >= 11 is 0. The Morgan fingerprint density at radius 3 is 2.61 bits per heavy atom. The lowest BCUT2D eigenvalue weighted by atomic mass is 9.86. The molecular formula is C23H37N3O2. The van der Waals surface area contributed by atoms with E-state index in [0.29, 0.717) is 12.1 Å². The molecule has 5 heteroatoms. The Morgan fingerprint density at radius 1 is 1.21 bits per heavy atom. The molecule has 28 heavy (non-hydrogen) atoms. The fraction of sp³-hybridized carbons (Fsp3) is 0.696. The minimum atomic E-state index is 0.0918. The maximum absolute atomic E-state index is 12.3. The maximum Gasteiger partial charge on any atom is 0.317 e. The normalized spacial score (nSPS) is 20.4. The van der Waals surface area contributed by atoms with Crippen molar-refractivity contribution in [2.45, 2.75) is 77.4 Å². The van der Waals surface area contributed by atoms with Crippen LogP contribution in [0.3, 0.4) is 0 Å². The smallest absolute Gasteiger partial charge is 0.317 e. The van der Waals surface area contributed by atoms with Crippen molar-refractivity contribution < 1.29 is 9.53 Å². The second-order valence-corrected chi connectivity index (χ2v) is 8.59. The zero-order valence-corrected chi connectivity index (χ0v) is 18.0. The van der Waals surface area contributed by atoms with Gasteiger partial charge in [0.2, 0.25) is 0 Å². The van der Waals surface area contributed by atoms with E-state index in [-0.39, 0.29) is 12.1 Å². The van der Waals surface area contributed by atoms with E-state index >= 15 is 0 Å². The Labute approximate surface area is 170 Å². The summed E-state index contributed by atoms with van der Waals surface area (Å²) in [4.78, 5) is 17.0. The van der Waals surface area contributed by atoms with Gasteiger partial charge in [0.25, 0.3) is 0 Å². The van der Waals surface area contributed by atoms with Crippen LogP contribution in [0.15, 0.2) is 18.2 Å². The van der Waals surface area contributed by atoms with Crippen LogP contribution in [0.1, 0.15) is 57.6 Å². The van der Waals surface area contributed by atoms with Crippen molar-refractivity contribution in [2.24, 2.45) is 0 Å². The summed E-state index contributed by atoms with van der Waals surface area (Å²) in [6, 6.07) is 8.02. The molecule has 1 heterocycles. The predicted octanol–water partition coefficient (Wildman–Crippen LogP) is 3.85. The van der Waals surface area contributed by atoms with Crippen LogP contribution in [0.2, 0.25) is 0 Å². The van der Waals surface area contributed by atoms with Gasteiger partial charge in [0.05, 0.1) is 7.11 Å². The molecule has 0 bridgehead atoms. The molecule has 0 radical (unpaired) electrons. The second kappa shape index (κ2) is 9.64. The first kappa shape index (κ1) is 21.0. The van der Waals surface area contributed by atoms with Gasteiger partial charge < -0.3 is 15.0 Å². The topological polar surface area (TPSA) is 44.8 Å². The van der Waals surface area contributed by atoms with Crippen LogP contribution in [-0.2, 0) is 12.8 Å². The van der Waals surface area contributed by atoms with Crippen LogP contribution < -0.4 is 10.1 Å². The summed E-state index contributed by atoms with van der Waals surface area (Å²) in [5.74, 6) is 0.964. The number of urea groups is 1. The number of ether oxygens (including phenoxy) is 1. The first-order valence-corrected chi connectivity index (χ1v) is 11.0. The number of rotatable bonds is 6. The Hall–Kier alpha value is -1.75. The Balaban J connectivity index is 1.63. The molecule has 1 aliphatic heterocycles. The highest BCUT2D eigenvalue weighted by atomic mass is 16.5. The monoisotopic (exact) mass is 387 g/mol. The van der Waals surface area contributed by atoms with Crippen LogP contribution in [0.4, 0.5) is 4.79 Å². The van der Waals surface area contributed by atoms with Crippen molar-refractivity contribution in [1.29, 1.82) is 0 Å². The van der Waals surface area contributed by atoms with Gasteiger partial charge >= 0.3 is 6.03 Å². The molecule has 0 saturated carbocycles. The highest BCUT2D eigenvalue weighted by Crippen LogP contribution is 2.30. The molecular weight excluding hydrogens is 350 g/mol. The van der Waals surface area contributed by atoms with Gasteiger partial charge in [-0.2, -0.15) is 0 Å². The zero-order valence-electron chi connectivity index (χ0n) is 18.0. The number of hydrogen-bond donors (Lipinski definition) is 1. The molecule has 0 spiro atoms. The van der Waals surface area contributed by atoms with Crippen LogP contribution in [0.25, 0.3) is 0 Å². The van der Waals surface area contributed by atoms with E-state index in [2.05, 4.69) is 35.3 Å². The van der Waals surface area contributed by atoms with E-state index in [1.54, 1.807) is 7.11 Å². The van der Waals surface area contributed by atoms with Gasteiger partial charge in [-0.15, -0.1) is 0 Å². The van der Waals surface area contributed by atoms with Crippen molar-refractivity contribution >= 4 is 6.03 Å². The minimum Gasteiger partial charge on any atom is -0.497 e. The molecule has 3 rings (SSSR count). The highest BCUT2D eigenvalue weighted by molar-refractivity contribution is 5.74. The van der Waals surface area contributed by atoms with Crippen molar-refractivity contribution in [3.8, 4) is 5.75 Å². The lowest BCUT2D eigenvalue weighted by molar-refractivity contribution is 0.0746. The molecule has 1 aliphatic carbocycles. The highest BCUT2D eigenvalue weighted by Gasteiger charge is 2.32. The fourth-order valence-electron chi connectivity index (χ4n) is 4.78. The number of nitrogens with zero attached hydrogens (tertiary/aromatic N) is 2. The predicted molar refractivity (Wildman–Crippen MR) is 114 cm³/mol. The van der Waals surface area contributed by atoms with Gasteiger partial charge in [0.1, 0.15) is 5.75 Å². The number of likely N-dealkylation sites (tertiary alicyclic amines) is 1. The molecule has 156 valence electrons. The quantitative estimate of drug-likeness (QED) is 0.806. The number of benzene rings is 1. The molecule has 0 aromatic heterocycles. The number of methoxy groups -OCH3 is 1. The fourth-order valence-corrected chi connectivity index (χ4v) is 4.78. The van der Waals surface area contributed by atoms with E-state index in [0.717, 1.165) is 51.1 Å². The molecule has 2 amide bonds. The summed E-state index contributed by atoms with van der Waals surface area (Å²) in [6.07, 6.45) is 6.82. The summed E-state index contributed by atoms with van der Waals surface area (Å²) in [5.41, 5.74) is 2.93. The number of hydrogen-bond acceptors (Lipinski definition) is 3. The number of carbonyl (C=O) groups excluding carboxylic acids is 1. The van der Waals surface area contributed by atoms with E-state index in [9.17, 15) is 4.79 Å². The largest absolute Gasteiger partial charge is 0.497 e. The lowest BCUT2D eigenvalue weighted by Gasteiger charge is -2.44. The first-order valence-electron chi connectivity index (χ1n) is 11.0. The van der Waals surface area contributed by atoms with Crippen LogP contribution in [0.5, 0.6) is 5.75 Å². The van der Waals surface area contributed by atoms with E-state index < -0.39 is 0 Å². The third kappa shape index (κ3) is 4.99. The average molecular weight is 388 g/mol. The number of amides is 2. The van der Waals surface area contributed by atoms with Gasteiger partial charge in [-0.05, 0) is 82.2 Å². The van der Waals surface area contributed by atoms with Gasteiger partial charge in [0.15, 0.2) is 0 Å². The SMILES string of the molecule is CCCN(C1CCN(C(=O)NC(C)C)CC1)C1CCc2ccc(OC)cc2C1. The number of piperidine rings is 1. The summed E-state index contributed by atoms with van der Waals surface area (Å²) in [5, 5.41) is 3.03. The summed E-state index contributed by atoms with van der Waals surface area (Å²) < 4.78 is 5.44. The molecule has 1 fully saturated rings. The van der Waals surface area contributed by atoms with Gasteiger partial charge in [-0.3, -0.25) is 4.90 Å². The van der Waals surface area contributed by atoms with Crippen LogP contribution in [-0.4, -0.2) is 60.7 Å². The molecule has 1 unspecified atom stereocenters. The van der Waals surface area contributed by atoms with Crippen molar-refractivity contribution in [1.82, 2.24) is 15.1 Å². The summed E-state index contributed by atoms with van der Waals surface area (Å²) in [7, 11) is 1.74. The number of fused-ring (bicyclic) bond motifs is 1. The zero-order chi connectivity index (χ0) is 20.1. The van der Waals surface area contributed by atoms with Crippen LogP contribution in [0, 0.1) is 0 Å². The molecule has 1 saturated heterocycles. The number of nitrogens with one attached hydrogen (secondary N) is 1. The molecule has 5 nitrogen and oxygen atoms in total. The Morgan fingerprint density at radius 2 is 1.96 bits per heavy atom. The van der Waals surface area contributed by atoms with Gasteiger partial charge in [-0.25, -0.2) is 4.79 Å². The third-order valence-corrected chi connectivity index (χ3v) is 6.20. The molecule has 1 N–H and O–H groups in total. The number of carbonyl (C=O) groups is 1. The molecule has 1 atom stereocenters. The van der Waals surface area contributed by atoms with Crippen molar-refractivity contribution in [3.63, 3.8) is 0 Å². The van der Waals surface area contributed by atoms with E-state index in [4.69, 9.17) is 4.74 Å². The van der Waals surface area contributed by atoms with E-state index in [1.807, 2.05) is 18.7 Å².